The molecule has 0 fully saturated rings. The summed E-state index contributed by atoms with van der Waals surface area (Å²) in [7, 11) is 1.36. The minimum Gasteiger partial charge on any atom is -0.466 e. The zero-order valence-electron chi connectivity index (χ0n) is 11.6. The van der Waals surface area contributed by atoms with Crippen molar-refractivity contribution in [2.24, 2.45) is 0 Å². The predicted octanol–water partition coefficient (Wildman–Crippen LogP) is 4.98. The maximum atomic E-state index is 10.8. The van der Waals surface area contributed by atoms with Crippen molar-refractivity contribution in [3.05, 3.63) is 23.3 Å². The monoisotopic (exact) mass is 272 g/mol. The van der Waals surface area contributed by atoms with Crippen LogP contribution >= 0.6 is 11.6 Å². The van der Waals surface area contributed by atoms with Crippen LogP contribution in [0.4, 0.5) is 0 Å². The maximum Gasteiger partial charge on any atom is 0.330 e. The van der Waals surface area contributed by atoms with Crippen molar-refractivity contribution in [3.63, 3.8) is 0 Å². The number of ether oxygens (including phenoxy) is 1. The third kappa shape index (κ3) is 11.7. The number of unbranched alkanes of at least 4 members (excludes halogenated alkanes) is 6. The van der Waals surface area contributed by atoms with E-state index < -0.39 is 0 Å². The third-order valence-corrected chi connectivity index (χ3v) is 3.04. The number of esters is 1. The summed E-state index contributed by atoms with van der Waals surface area (Å²) in [6, 6.07) is 0. The molecular weight excluding hydrogens is 248 g/mol. The van der Waals surface area contributed by atoms with Crippen molar-refractivity contribution in [2.75, 3.05) is 7.11 Å². The molecule has 0 saturated heterocycles. The van der Waals surface area contributed by atoms with Crippen molar-refractivity contribution in [3.8, 4) is 0 Å². The first-order valence-corrected chi connectivity index (χ1v) is 7.19. The second-order valence-electron chi connectivity index (χ2n) is 4.37. The lowest BCUT2D eigenvalue weighted by Gasteiger charge is -2.00. The number of methoxy groups -OCH3 is 1. The quantitative estimate of drug-likeness (QED) is 0.243. The number of allylic oxidation sites excluding steroid dienone is 3. The summed E-state index contributed by atoms with van der Waals surface area (Å²) in [6.45, 7) is 2.23. The highest BCUT2D eigenvalue weighted by Crippen LogP contribution is 2.15. The molecule has 0 aliphatic heterocycles. The maximum absolute atomic E-state index is 10.8. The van der Waals surface area contributed by atoms with Gasteiger partial charge in [0.25, 0.3) is 0 Å². The summed E-state index contributed by atoms with van der Waals surface area (Å²) in [6.07, 6.45) is 14.6. The first kappa shape index (κ1) is 17.2. The van der Waals surface area contributed by atoms with E-state index in [4.69, 9.17) is 11.6 Å². The van der Waals surface area contributed by atoms with Gasteiger partial charge in [0.2, 0.25) is 0 Å². The average molecular weight is 273 g/mol. The highest BCUT2D eigenvalue weighted by molar-refractivity contribution is 6.29. The molecule has 0 amide bonds. The van der Waals surface area contributed by atoms with Gasteiger partial charge in [-0.25, -0.2) is 4.79 Å². The largest absolute Gasteiger partial charge is 0.466 e. The fourth-order valence-corrected chi connectivity index (χ4v) is 1.84. The van der Waals surface area contributed by atoms with Gasteiger partial charge >= 0.3 is 5.97 Å². The molecule has 0 aliphatic carbocycles. The van der Waals surface area contributed by atoms with Crippen LogP contribution < -0.4 is 0 Å². The van der Waals surface area contributed by atoms with Crippen LogP contribution in [-0.2, 0) is 9.53 Å². The highest BCUT2D eigenvalue weighted by Gasteiger charge is 1.94. The van der Waals surface area contributed by atoms with Gasteiger partial charge in [0, 0.05) is 11.1 Å². The van der Waals surface area contributed by atoms with E-state index in [1.165, 1.54) is 51.7 Å². The van der Waals surface area contributed by atoms with Crippen LogP contribution in [0.15, 0.2) is 23.3 Å². The molecule has 0 unspecified atom stereocenters. The molecule has 0 saturated carbocycles. The van der Waals surface area contributed by atoms with Crippen LogP contribution in [0.25, 0.3) is 0 Å². The molecule has 3 heteroatoms. The standard InChI is InChI=1S/C15H25ClO2/c1-3-4-5-6-7-8-9-11-14(16)12-10-13-15(17)18-2/h10,12-13H,3-9,11H2,1-2H3/b13-10-,14-12-. The fourth-order valence-electron chi connectivity index (χ4n) is 1.63. The zero-order valence-corrected chi connectivity index (χ0v) is 12.3. The van der Waals surface area contributed by atoms with E-state index in [1.807, 2.05) is 0 Å². The van der Waals surface area contributed by atoms with E-state index in [-0.39, 0.29) is 5.97 Å². The van der Waals surface area contributed by atoms with Gasteiger partial charge in [-0.3, -0.25) is 0 Å². The van der Waals surface area contributed by atoms with Crippen LogP contribution in [0.5, 0.6) is 0 Å². The highest BCUT2D eigenvalue weighted by atomic mass is 35.5. The molecule has 0 atom stereocenters. The lowest BCUT2D eigenvalue weighted by Crippen LogP contribution is -1.92. The van der Waals surface area contributed by atoms with Gasteiger partial charge in [-0.2, -0.15) is 0 Å². The Morgan fingerprint density at radius 1 is 1.11 bits per heavy atom. The average Bonchev–Trinajstić information content (AvgIpc) is 2.37. The summed E-state index contributed by atoms with van der Waals surface area (Å²) >= 11 is 6.03. The summed E-state index contributed by atoms with van der Waals surface area (Å²) in [4.78, 5) is 10.8. The van der Waals surface area contributed by atoms with Gasteiger partial charge < -0.3 is 4.74 Å². The fraction of sp³-hybridized carbons (Fsp3) is 0.667. The molecule has 0 aromatic rings. The molecule has 104 valence electrons. The van der Waals surface area contributed by atoms with Crippen molar-refractivity contribution >= 4 is 17.6 Å². The Labute approximate surface area is 116 Å². The number of hydrogen-bond acceptors (Lipinski definition) is 2. The molecular formula is C15H25ClO2. The molecule has 0 N–H and O–H groups in total. The minimum absolute atomic E-state index is 0.355. The van der Waals surface area contributed by atoms with Crippen molar-refractivity contribution in [2.45, 2.75) is 58.3 Å². The van der Waals surface area contributed by atoms with Crippen molar-refractivity contribution in [1.82, 2.24) is 0 Å². The molecule has 0 bridgehead atoms. The number of rotatable bonds is 10. The minimum atomic E-state index is -0.355. The van der Waals surface area contributed by atoms with E-state index in [1.54, 1.807) is 12.2 Å². The summed E-state index contributed by atoms with van der Waals surface area (Å²) in [5.41, 5.74) is 0. The van der Waals surface area contributed by atoms with Crippen LogP contribution in [-0.4, -0.2) is 13.1 Å². The molecule has 0 spiro atoms. The second kappa shape index (κ2) is 12.7. The first-order valence-electron chi connectivity index (χ1n) is 6.81. The van der Waals surface area contributed by atoms with E-state index in [2.05, 4.69) is 11.7 Å². The number of carbonyl (C=O) groups excluding carboxylic acids is 1. The summed E-state index contributed by atoms with van der Waals surface area (Å²) in [5, 5.41) is 0.795. The van der Waals surface area contributed by atoms with Gasteiger partial charge in [-0.1, -0.05) is 63.1 Å². The third-order valence-electron chi connectivity index (χ3n) is 2.73. The Hall–Kier alpha value is -0.760. The molecule has 0 aliphatic rings. The smallest absolute Gasteiger partial charge is 0.330 e. The molecule has 0 aromatic carbocycles. The van der Waals surface area contributed by atoms with Gasteiger partial charge in [0.1, 0.15) is 0 Å². The number of carbonyl (C=O) groups is 1. The molecule has 0 radical (unpaired) electrons. The first-order chi connectivity index (χ1) is 8.70. The number of hydrogen-bond donors (Lipinski definition) is 0. The van der Waals surface area contributed by atoms with Gasteiger partial charge in [0.05, 0.1) is 7.11 Å². The molecule has 0 heterocycles. The Kier molecular flexibility index (Phi) is 12.2. The summed E-state index contributed by atoms with van der Waals surface area (Å²) in [5.74, 6) is -0.355. The van der Waals surface area contributed by atoms with Crippen LogP contribution in [0, 0.1) is 0 Å². The van der Waals surface area contributed by atoms with Crippen LogP contribution in [0.1, 0.15) is 58.3 Å². The Morgan fingerprint density at radius 3 is 2.33 bits per heavy atom. The topological polar surface area (TPSA) is 26.3 Å². The Morgan fingerprint density at radius 2 is 1.72 bits per heavy atom. The van der Waals surface area contributed by atoms with Crippen molar-refractivity contribution < 1.29 is 9.53 Å². The van der Waals surface area contributed by atoms with E-state index in [9.17, 15) is 4.79 Å². The second-order valence-corrected chi connectivity index (χ2v) is 4.85. The lowest BCUT2D eigenvalue weighted by molar-refractivity contribution is -0.134. The number of halogens is 1. The molecule has 18 heavy (non-hydrogen) atoms. The van der Waals surface area contributed by atoms with Gasteiger partial charge in [0.15, 0.2) is 0 Å². The Balaban J connectivity index is 3.52. The zero-order chi connectivity index (χ0) is 13.6. The molecule has 2 nitrogen and oxygen atoms in total. The van der Waals surface area contributed by atoms with E-state index >= 15 is 0 Å². The predicted molar refractivity (Wildman–Crippen MR) is 77.7 cm³/mol. The van der Waals surface area contributed by atoms with E-state index in [0.29, 0.717) is 0 Å². The van der Waals surface area contributed by atoms with E-state index in [0.717, 1.165) is 17.9 Å². The normalized spacial score (nSPS) is 12.1. The van der Waals surface area contributed by atoms with Gasteiger partial charge in [-0.05, 0) is 18.9 Å². The van der Waals surface area contributed by atoms with Gasteiger partial charge in [-0.15, -0.1) is 0 Å². The van der Waals surface area contributed by atoms with Crippen molar-refractivity contribution in [1.29, 1.82) is 0 Å². The SMILES string of the molecule is CCCCCCCCC/C(Cl)=C/C=C\C(=O)OC. The lowest BCUT2D eigenvalue weighted by atomic mass is 10.1. The molecule has 0 aromatic heterocycles. The summed E-state index contributed by atoms with van der Waals surface area (Å²) < 4.78 is 4.48. The van der Waals surface area contributed by atoms with Crippen LogP contribution in [0.3, 0.4) is 0 Å². The molecule has 0 rings (SSSR count). The van der Waals surface area contributed by atoms with Crippen LogP contribution in [0.2, 0.25) is 0 Å². The Bertz CT molecular complexity index is 270.